The van der Waals surface area contributed by atoms with Crippen molar-refractivity contribution in [2.24, 2.45) is 0 Å². The minimum absolute atomic E-state index is 0.345. The van der Waals surface area contributed by atoms with Crippen LogP contribution in [-0.4, -0.2) is 18.4 Å². The molecule has 1 aliphatic rings. The van der Waals surface area contributed by atoms with E-state index < -0.39 is 11.8 Å². The molecule has 0 saturated heterocycles. The average Bonchev–Trinajstić information content (AvgIpc) is 3.43. The molecular formula is C25H20N2O4S. The smallest absolute Gasteiger partial charge is 0.272 e. The molecule has 3 aromatic rings. The maximum atomic E-state index is 13.4. The Labute approximate surface area is 190 Å². The van der Waals surface area contributed by atoms with Gasteiger partial charge >= 0.3 is 0 Å². The van der Waals surface area contributed by atoms with E-state index in [1.54, 1.807) is 60.9 Å². The van der Waals surface area contributed by atoms with Gasteiger partial charge in [0.15, 0.2) is 0 Å². The van der Waals surface area contributed by atoms with Crippen LogP contribution in [0.25, 0.3) is 5.57 Å². The fourth-order valence-corrected chi connectivity index (χ4v) is 4.31. The predicted molar refractivity (Wildman–Crippen MR) is 123 cm³/mol. The normalized spacial score (nSPS) is 13.6. The topological polar surface area (TPSA) is 83.5 Å². The van der Waals surface area contributed by atoms with Gasteiger partial charge in [-0.25, -0.2) is 4.90 Å². The zero-order valence-corrected chi connectivity index (χ0v) is 18.2. The summed E-state index contributed by atoms with van der Waals surface area (Å²) in [6, 6.07) is 19.2. The van der Waals surface area contributed by atoms with Crippen molar-refractivity contribution >= 4 is 34.8 Å². The molecule has 2 heterocycles. The summed E-state index contributed by atoms with van der Waals surface area (Å²) in [6.45, 7) is 2.64. The van der Waals surface area contributed by atoms with Crippen LogP contribution in [-0.2, 0) is 15.3 Å². The highest BCUT2D eigenvalue weighted by Gasteiger charge is 2.40. The van der Waals surface area contributed by atoms with E-state index in [9.17, 15) is 9.59 Å². The number of anilines is 1. The van der Waals surface area contributed by atoms with Crippen molar-refractivity contribution in [1.82, 2.24) is 0 Å². The molecule has 2 amide bonds. The van der Waals surface area contributed by atoms with Crippen LogP contribution in [0, 0.1) is 11.3 Å². The summed E-state index contributed by atoms with van der Waals surface area (Å²) < 4.78 is 11.0. The molecule has 0 radical (unpaired) electrons. The zero-order chi connectivity index (χ0) is 22.5. The number of hydrogen-bond donors (Lipinski definition) is 0. The van der Waals surface area contributed by atoms with Gasteiger partial charge < -0.3 is 9.15 Å². The van der Waals surface area contributed by atoms with Crippen LogP contribution in [0.1, 0.15) is 30.2 Å². The number of thioether (sulfide) groups is 1. The van der Waals surface area contributed by atoms with Gasteiger partial charge in [0.2, 0.25) is 0 Å². The van der Waals surface area contributed by atoms with Crippen molar-refractivity contribution in [3.05, 3.63) is 88.7 Å². The molecule has 32 heavy (non-hydrogen) atoms. The van der Waals surface area contributed by atoms with Crippen LogP contribution in [0.2, 0.25) is 0 Å². The van der Waals surface area contributed by atoms with Crippen molar-refractivity contribution in [2.45, 2.75) is 19.1 Å². The quantitative estimate of drug-likeness (QED) is 0.447. The number of benzene rings is 2. The molecule has 0 atom stereocenters. The lowest BCUT2D eigenvalue weighted by Crippen LogP contribution is -2.31. The van der Waals surface area contributed by atoms with Gasteiger partial charge in [-0.15, -0.1) is 11.8 Å². The SMILES string of the molecule is CCCOc1ccc(C2=C(SCc3ccco3)C(=O)N(c3ccc(C#N)cc3)C2=O)cc1. The molecule has 0 saturated carbocycles. The third-order valence-electron chi connectivity index (χ3n) is 4.85. The number of furan rings is 1. The Balaban J connectivity index is 1.69. The molecular weight excluding hydrogens is 424 g/mol. The van der Waals surface area contributed by atoms with Crippen molar-refractivity contribution in [1.29, 1.82) is 5.26 Å². The van der Waals surface area contributed by atoms with Gasteiger partial charge in [-0.1, -0.05) is 19.1 Å². The lowest BCUT2D eigenvalue weighted by atomic mass is 10.1. The van der Waals surface area contributed by atoms with Crippen LogP contribution < -0.4 is 9.64 Å². The van der Waals surface area contributed by atoms with E-state index in [-0.39, 0.29) is 0 Å². The van der Waals surface area contributed by atoms with Crippen LogP contribution in [0.15, 0.2) is 76.2 Å². The number of imide groups is 1. The van der Waals surface area contributed by atoms with E-state index in [2.05, 4.69) is 0 Å². The fraction of sp³-hybridized carbons (Fsp3) is 0.160. The Bertz CT molecular complexity index is 1190. The number of nitriles is 1. The molecule has 1 aromatic heterocycles. The third kappa shape index (κ3) is 4.32. The monoisotopic (exact) mass is 444 g/mol. The lowest BCUT2D eigenvalue weighted by Gasteiger charge is -2.15. The second-order valence-corrected chi connectivity index (χ2v) is 8.03. The van der Waals surface area contributed by atoms with E-state index >= 15 is 0 Å². The van der Waals surface area contributed by atoms with Gasteiger partial charge in [-0.3, -0.25) is 9.59 Å². The number of ether oxygens (including phenoxy) is 1. The largest absolute Gasteiger partial charge is 0.494 e. The van der Waals surface area contributed by atoms with Gasteiger partial charge in [-0.2, -0.15) is 5.26 Å². The molecule has 0 spiro atoms. The Kier molecular flexibility index (Phi) is 6.43. The molecule has 0 bridgehead atoms. The number of rotatable bonds is 8. The molecule has 1 aliphatic heterocycles. The first kappa shape index (κ1) is 21.5. The van der Waals surface area contributed by atoms with Gasteiger partial charge in [-0.05, 0) is 60.5 Å². The molecule has 0 aliphatic carbocycles. The minimum Gasteiger partial charge on any atom is -0.494 e. The minimum atomic E-state index is -0.399. The first-order chi connectivity index (χ1) is 15.6. The standard InChI is InChI=1S/C25H20N2O4S/c1-2-13-30-20-11-7-18(8-12-20)22-23(32-16-21-4-3-14-31-21)25(29)27(24(22)28)19-9-5-17(15-26)6-10-19/h3-12,14H,2,13,16H2,1H3. The van der Waals surface area contributed by atoms with Crippen LogP contribution in [0.3, 0.4) is 0 Å². The Hall–Kier alpha value is -3.76. The molecule has 2 aromatic carbocycles. The highest BCUT2D eigenvalue weighted by molar-refractivity contribution is 8.03. The maximum Gasteiger partial charge on any atom is 0.272 e. The van der Waals surface area contributed by atoms with Crippen molar-refractivity contribution in [3.63, 3.8) is 0 Å². The maximum absolute atomic E-state index is 13.4. The Morgan fingerprint density at radius 2 is 1.78 bits per heavy atom. The number of nitrogens with zero attached hydrogens (tertiary/aromatic N) is 2. The number of amides is 2. The first-order valence-electron chi connectivity index (χ1n) is 10.1. The highest BCUT2D eigenvalue weighted by atomic mass is 32.2. The molecule has 7 heteroatoms. The summed E-state index contributed by atoms with van der Waals surface area (Å²) in [5, 5.41) is 9.04. The molecule has 4 rings (SSSR count). The van der Waals surface area contributed by atoms with E-state index in [0.717, 1.165) is 11.3 Å². The number of hydrogen-bond acceptors (Lipinski definition) is 6. The fourth-order valence-electron chi connectivity index (χ4n) is 3.29. The van der Waals surface area contributed by atoms with Gasteiger partial charge in [0.05, 0.1) is 46.4 Å². The Morgan fingerprint density at radius 1 is 1.03 bits per heavy atom. The lowest BCUT2D eigenvalue weighted by molar-refractivity contribution is -0.119. The van der Waals surface area contributed by atoms with Crippen molar-refractivity contribution < 1.29 is 18.7 Å². The van der Waals surface area contributed by atoms with Gasteiger partial charge in [0.25, 0.3) is 11.8 Å². The summed E-state index contributed by atoms with van der Waals surface area (Å²) in [6.07, 6.45) is 2.47. The van der Waals surface area contributed by atoms with Crippen LogP contribution >= 0.6 is 11.8 Å². The second kappa shape index (κ2) is 9.58. The van der Waals surface area contributed by atoms with Crippen LogP contribution in [0.4, 0.5) is 5.69 Å². The summed E-state index contributed by atoms with van der Waals surface area (Å²) in [4.78, 5) is 28.3. The van der Waals surface area contributed by atoms with E-state index in [4.69, 9.17) is 14.4 Å². The average molecular weight is 445 g/mol. The third-order valence-corrected chi connectivity index (χ3v) is 5.95. The van der Waals surface area contributed by atoms with Gasteiger partial charge in [0.1, 0.15) is 11.5 Å². The van der Waals surface area contributed by atoms with Crippen molar-refractivity contribution in [2.75, 3.05) is 11.5 Å². The molecule has 0 N–H and O–H groups in total. The molecule has 6 nitrogen and oxygen atoms in total. The Morgan fingerprint density at radius 3 is 2.41 bits per heavy atom. The van der Waals surface area contributed by atoms with E-state index in [1.165, 1.54) is 11.8 Å². The predicted octanol–water partition coefficient (Wildman–Crippen LogP) is 5.16. The zero-order valence-electron chi connectivity index (χ0n) is 17.4. The van der Waals surface area contributed by atoms with Crippen LogP contribution in [0.5, 0.6) is 5.75 Å². The molecule has 0 fully saturated rings. The second-order valence-electron chi connectivity index (χ2n) is 7.05. The first-order valence-corrected chi connectivity index (χ1v) is 11.1. The summed E-state index contributed by atoms with van der Waals surface area (Å²) in [7, 11) is 0. The van der Waals surface area contributed by atoms with Gasteiger partial charge in [0, 0.05) is 0 Å². The van der Waals surface area contributed by atoms with Crippen molar-refractivity contribution in [3.8, 4) is 11.8 Å². The highest BCUT2D eigenvalue weighted by Crippen LogP contribution is 2.40. The summed E-state index contributed by atoms with van der Waals surface area (Å²) >= 11 is 1.27. The number of carbonyl (C=O) groups is 2. The number of carbonyl (C=O) groups excluding carboxylic acids is 2. The molecule has 160 valence electrons. The summed E-state index contributed by atoms with van der Waals surface area (Å²) in [5.41, 5.74) is 1.87. The van der Waals surface area contributed by atoms with E-state index in [1.807, 2.05) is 19.1 Å². The summed E-state index contributed by atoms with van der Waals surface area (Å²) in [5.74, 6) is 1.05. The molecule has 0 unspecified atom stereocenters. The van der Waals surface area contributed by atoms with E-state index in [0.29, 0.717) is 51.2 Å².